The van der Waals surface area contributed by atoms with Crippen molar-refractivity contribution in [3.05, 3.63) is 52.2 Å². The highest BCUT2D eigenvalue weighted by molar-refractivity contribution is 7.07. The third kappa shape index (κ3) is 3.69. The summed E-state index contributed by atoms with van der Waals surface area (Å²) < 4.78 is 12.9. The minimum absolute atomic E-state index is 0.0147. The lowest BCUT2D eigenvalue weighted by Crippen LogP contribution is -2.49. The van der Waals surface area contributed by atoms with Gasteiger partial charge in [0.25, 0.3) is 5.91 Å². The van der Waals surface area contributed by atoms with Crippen molar-refractivity contribution in [1.29, 1.82) is 0 Å². The Morgan fingerprint density at radius 3 is 2.55 bits per heavy atom. The first kappa shape index (κ1) is 15.1. The number of aromatic nitrogens is 1. The highest BCUT2D eigenvalue weighted by Gasteiger charge is 2.21. The first-order valence-electron chi connectivity index (χ1n) is 7.36. The van der Waals surface area contributed by atoms with Gasteiger partial charge in [0.1, 0.15) is 5.82 Å². The number of halogens is 1. The van der Waals surface area contributed by atoms with Crippen molar-refractivity contribution in [2.75, 3.05) is 32.7 Å². The molecule has 6 heteroatoms. The second-order valence-electron chi connectivity index (χ2n) is 5.37. The zero-order valence-corrected chi connectivity index (χ0v) is 13.1. The van der Waals surface area contributed by atoms with Crippen molar-refractivity contribution >= 4 is 17.2 Å². The molecule has 0 radical (unpaired) electrons. The average molecular weight is 319 g/mol. The number of amides is 1. The molecule has 0 N–H and O–H groups in total. The van der Waals surface area contributed by atoms with Gasteiger partial charge in [-0.25, -0.2) is 9.37 Å². The van der Waals surface area contributed by atoms with Gasteiger partial charge in [-0.05, 0) is 24.3 Å². The number of nitrogens with zero attached hydrogens (tertiary/aromatic N) is 3. The molecule has 1 aliphatic rings. The largest absolute Gasteiger partial charge is 0.336 e. The Kier molecular flexibility index (Phi) is 4.80. The van der Waals surface area contributed by atoms with Crippen LogP contribution in [0.25, 0.3) is 0 Å². The lowest BCUT2D eigenvalue weighted by Gasteiger charge is -2.34. The van der Waals surface area contributed by atoms with E-state index in [0.29, 0.717) is 18.7 Å². The Bertz CT molecular complexity index is 607. The minimum Gasteiger partial charge on any atom is -0.336 e. The van der Waals surface area contributed by atoms with Crippen LogP contribution >= 0.6 is 11.3 Å². The summed E-state index contributed by atoms with van der Waals surface area (Å²) in [5.74, 6) is -0.331. The van der Waals surface area contributed by atoms with Gasteiger partial charge in [0.2, 0.25) is 0 Å². The number of hydrogen-bond acceptors (Lipinski definition) is 4. The van der Waals surface area contributed by atoms with Crippen molar-refractivity contribution < 1.29 is 9.18 Å². The molecule has 1 saturated heterocycles. The molecule has 4 nitrogen and oxygen atoms in total. The molecular formula is C16H18FN3OS. The summed E-state index contributed by atoms with van der Waals surface area (Å²) in [6.45, 7) is 4.15. The quantitative estimate of drug-likeness (QED) is 0.867. The first-order valence-corrected chi connectivity index (χ1v) is 8.31. The molecule has 0 aliphatic carbocycles. The minimum atomic E-state index is -0.316. The van der Waals surface area contributed by atoms with E-state index in [4.69, 9.17) is 0 Å². The van der Waals surface area contributed by atoms with E-state index in [1.807, 2.05) is 10.4 Å². The van der Waals surface area contributed by atoms with Crippen molar-refractivity contribution in [1.82, 2.24) is 14.8 Å². The normalized spacial score (nSPS) is 16.0. The molecule has 0 atom stereocenters. The summed E-state index contributed by atoms with van der Waals surface area (Å²) in [5, 5.41) is 2.08. The molecule has 0 spiro atoms. The molecule has 1 aromatic carbocycles. The van der Waals surface area contributed by atoms with E-state index < -0.39 is 0 Å². The molecule has 0 saturated carbocycles. The number of hydrogen-bond donors (Lipinski definition) is 0. The lowest BCUT2D eigenvalue weighted by molar-refractivity contribution is 0.0638. The van der Waals surface area contributed by atoms with Crippen LogP contribution in [0, 0.1) is 5.82 Å². The molecule has 2 heterocycles. The Labute approximate surface area is 133 Å². The van der Waals surface area contributed by atoms with E-state index in [1.165, 1.54) is 12.1 Å². The fraction of sp³-hybridized carbons (Fsp3) is 0.375. The summed E-state index contributed by atoms with van der Waals surface area (Å²) in [6, 6.07) is 5.76. The zero-order chi connectivity index (χ0) is 15.4. The van der Waals surface area contributed by atoms with Gasteiger partial charge in [-0.1, -0.05) is 0 Å². The zero-order valence-electron chi connectivity index (χ0n) is 12.2. The van der Waals surface area contributed by atoms with Gasteiger partial charge in [0, 0.05) is 50.1 Å². The lowest BCUT2D eigenvalue weighted by atomic mass is 10.1. The Morgan fingerprint density at radius 2 is 1.91 bits per heavy atom. The molecule has 1 aromatic heterocycles. The monoisotopic (exact) mass is 319 g/mol. The van der Waals surface area contributed by atoms with Crippen molar-refractivity contribution in [3.63, 3.8) is 0 Å². The summed E-state index contributed by atoms with van der Waals surface area (Å²) >= 11 is 1.62. The van der Waals surface area contributed by atoms with Crippen LogP contribution in [-0.4, -0.2) is 53.4 Å². The summed E-state index contributed by atoms with van der Waals surface area (Å²) in [4.78, 5) is 20.8. The van der Waals surface area contributed by atoms with Crippen LogP contribution in [0.5, 0.6) is 0 Å². The molecule has 2 aromatic rings. The van der Waals surface area contributed by atoms with Crippen LogP contribution in [-0.2, 0) is 6.42 Å². The molecule has 1 fully saturated rings. The van der Waals surface area contributed by atoms with Crippen LogP contribution in [0.1, 0.15) is 16.1 Å². The maximum atomic E-state index is 12.9. The molecule has 116 valence electrons. The molecule has 3 rings (SSSR count). The maximum Gasteiger partial charge on any atom is 0.253 e. The van der Waals surface area contributed by atoms with E-state index in [0.717, 1.165) is 31.7 Å². The highest BCUT2D eigenvalue weighted by Crippen LogP contribution is 2.11. The van der Waals surface area contributed by atoms with Gasteiger partial charge in [-0.2, -0.15) is 0 Å². The van der Waals surface area contributed by atoms with Gasteiger partial charge < -0.3 is 4.90 Å². The SMILES string of the molecule is O=C(c1ccc(F)cc1)N1CCN(CCc2cscn2)CC1. The highest BCUT2D eigenvalue weighted by atomic mass is 32.1. The Hall–Kier alpha value is -1.79. The number of rotatable bonds is 4. The van der Waals surface area contributed by atoms with Gasteiger partial charge in [0.15, 0.2) is 0 Å². The Balaban J connectivity index is 1.48. The van der Waals surface area contributed by atoms with Gasteiger partial charge in [0.05, 0.1) is 11.2 Å². The third-order valence-electron chi connectivity index (χ3n) is 3.92. The second kappa shape index (κ2) is 6.98. The standard InChI is InChI=1S/C16H18FN3OS/c17-14-3-1-13(2-4-14)16(21)20-9-7-19(8-10-20)6-5-15-11-22-12-18-15/h1-4,11-12H,5-10H2. The van der Waals surface area contributed by atoms with Crippen LogP contribution in [0.4, 0.5) is 4.39 Å². The van der Waals surface area contributed by atoms with Crippen molar-refractivity contribution in [2.45, 2.75) is 6.42 Å². The van der Waals surface area contributed by atoms with E-state index in [9.17, 15) is 9.18 Å². The first-order chi connectivity index (χ1) is 10.7. The number of thiazole rings is 1. The van der Waals surface area contributed by atoms with Crippen LogP contribution < -0.4 is 0 Å². The van der Waals surface area contributed by atoms with Crippen LogP contribution in [0.3, 0.4) is 0 Å². The van der Waals surface area contributed by atoms with Gasteiger partial charge in [-0.3, -0.25) is 9.69 Å². The topological polar surface area (TPSA) is 36.4 Å². The van der Waals surface area contributed by atoms with E-state index in [-0.39, 0.29) is 11.7 Å². The summed E-state index contributed by atoms with van der Waals surface area (Å²) in [5.41, 5.74) is 3.54. The van der Waals surface area contributed by atoms with Crippen LogP contribution in [0.2, 0.25) is 0 Å². The molecule has 22 heavy (non-hydrogen) atoms. The fourth-order valence-corrected chi connectivity index (χ4v) is 3.18. The van der Waals surface area contributed by atoms with E-state index >= 15 is 0 Å². The van der Waals surface area contributed by atoms with E-state index in [1.54, 1.807) is 23.5 Å². The predicted octanol–water partition coefficient (Wildman–Crippen LogP) is 2.28. The maximum absolute atomic E-state index is 12.9. The third-order valence-corrected chi connectivity index (χ3v) is 4.55. The predicted molar refractivity (Wildman–Crippen MR) is 84.6 cm³/mol. The van der Waals surface area contributed by atoms with E-state index in [2.05, 4.69) is 15.3 Å². The van der Waals surface area contributed by atoms with Crippen molar-refractivity contribution in [3.8, 4) is 0 Å². The number of benzene rings is 1. The van der Waals surface area contributed by atoms with Crippen molar-refractivity contribution in [2.24, 2.45) is 0 Å². The average Bonchev–Trinajstić information content (AvgIpc) is 3.07. The smallest absolute Gasteiger partial charge is 0.253 e. The number of carbonyl (C=O) groups is 1. The van der Waals surface area contributed by atoms with Crippen LogP contribution in [0.15, 0.2) is 35.2 Å². The summed E-state index contributed by atoms with van der Waals surface area (Å²) in [7, 11) is 0. The number of piperazine rings is 1. The fourth-order valence-electron chi connectivity index (χ4n) is 2.58. The Morgan fingerprint density at radius 1 is 1.18 bits per heavy atom. The molecular weight excluding hydrogens is 301 g/mol. The molecule has 1 amide bonds. The summed E-state index contributed by atoms with van der Waals surface area (Å²) in [6.07, 6.45) is 0.954. The molecule has 0 unspecified atom stereocenters. The number of carbonyl (C=O) groups excluding carboxylic acids is 1. The van der Waals surface area contributed by atoms with Gasteiger partial charge >= 0.3 is 0 Å². The van der Waals surface area contributed by atoms with Gasteiger partial charge in [-0.15, -0.1) is 11.3 Å². The molecule has 0 bridgehead atoms. The molecule has 1 aliphatic heterocycles. The second-order valence-corrected chi connectivity index (χ2v) is 6.09.